The monoisotopic (exact) mass is 455 g/mol. The highest BCUT2D eigenvalue weighted by atomic mass is 16.6. The summed E-state index contributed by atoms with van der Waals surface area (Å²) in [5.74, 6) is 2.11. The van der Waals surface area contributed by atoms with Crippen molar-refractivity contribution in [2.24, 2.45) is 0 Å². The Kier molecular flexibility index (Phi) is 8.12. The first kappa shape index (κ1) is 23.9. The number of rotatable bonds is 10. The van der Waals surface area contributed by atoms with E-state index in [4.69, 9.17) is 14.2 Å². The summed E-state index contributed by atoms with van der Waals surface area (Å²) < 4.78 is 16.4. The van der Waals surface area contributed by atoms with Gasteiger partial charge in [0.25, 0.3) is 5.69 Å². The number of hydrogen-bond acceptors (Lipinski definition) is 7. The van der Waals surface area contributed by atoms with Crippen LogP contribution in [0.3, 0.4) is 0 Å². The van der Waals surface area contributed by atoms with Crippen LogP contribution in [-0.2, 0) is 4.79 Å². The van der Waals surface area contributed by atoms with Crippen molar-refractivity contribution in [3.8, 4) is 17.2 Å². The Morgan fingerprint density at radius 2 is 1.76 bits per heavy atom. The maximum Gasteiger partial charge on any atom is 0.269 e. The van der Waals surface area contributed by atoms with E-state index in [2.05, 4.69) is 5.32 Å². The van der Waals surface area contributed by atoms with Gasteiger partial charge in [-0.3, -0.25) is 14.9 Å². The fourth-order valence-corrected chi connectivity index (χ4v) is 3.78. The Labute approximate surface area is 193 Å². The Morgan fingerprint density at radius 3 is 2.27 bits per heavy atom. The SMILES string of the molecule is COc1cc(OC)c(C2=CCN(C(=O)CCCNc3ccc([N+](=O)[O-])cc3)CC2)c(OC)c1. The van der Waals surface area contributed by atoms with E-state index in [1.165, 1.54) is 12.1 Å². The van der Waals surface area contributed by atoms with E-state index in [1.54, 1.807) is 33.5 Å². The lowest BCUT2D eigenvalue weighted by atomic mass is 9.97. The molecule has 176 valence electrons. The molecule has 1 amide bonds. The number of nitrogens with zero attached hydrogens (tertiary/aromatic N) is 2. The molecule has 1 aliphatic rings. The fourth-order valence-electron chi connectivity index (χ4n) is 3.78. The first-order chi connectivity index (χ1) is 16.0. The normalized spacial score (nSPS) is 13.2. The van der Waals surface area contributed by atoms with E-state index >= 15 is 0 Å². The van der Waals surface area contributed by atoms with Gasteiger partial charge in [-0.15, -0.1) is 0 Å². The van der Waals surface area contributed by atoms with Crippen molar-refractivity contribution in [2.75, 3.05) is 46.3 Å². The van der Waals surface area contributed by atoms with Crippen LogP contribution in [-0.4, -0.2) is 56.7 Å². The molecule has 0 atom stereocenters. The zero-order valence-corrected chi connectivity index (χ0v) is 19.1. The predicted molar refractivity (Wildman–Crippen MR) is 126 cm³/mol. The molecule has 0 saturated heterocycles. The molecule has 1 aliphatic heterocycles. The molecule has 0 fully saturated rings. The van der Waals surface area contributed by atoms with Crippen molar-refractivity contribution >= 4 is 22.9 Å². The number of nitro groups is 1. The Morgan fingerprint density at radius 1 is 1.09 bits per heavy atom. The molecule has 0 aliphatic carbocycles. The van der Waals surface area contributed by atoms with Crippen LogP contribution in [0.4, 0.5) is 11.4 Å². The highest BCUT2D eigenvalue weighted by Gasteiger charge is 2.22. The van der Waals surface area contributed by atoms with Gasteiger partial charge in [-0.05, 0) is 30.5 Å². The minimum absolute atomic E-state index is 0.0538. The Balaban J connectivity index is 1.53. The van der Waals surface area contributed by atoms with Crippen LogP contribution < -0.4 is 19.5 Å². The summed E-state index contributed by atoms with van der Waals surface area (Å²) in [5.41, 5.74) is 2.81. The van der Waals surface area contributed by atoms with Crippen molar-refractivity contribution in [3.63, 3.8) is 0 Å². The van der Waals surface area contributed by atoms with E-state index < -0.39 is 4.92 Å². The third-order valence-corrected chi connectivity index (χ3v) is 5.57. The van der Waals surface area contributed by atoms with Crippen molar-refractivity contribution in [3.05, 3.63) is 58.2 Å². The minimum atomic E-state index is -0.429. The van der Waals surface area contributed by atoms with Gasteiger partial charge in [0.05, 0.1) is 31.8 Å². The molecule has 1 heterocycles. The van der Waals surface area contributed by atoms with Crippen molar-refractivity contribution < 1.29 is 23.9 Å². The lowest BCUT2D eigenvalue weighted by Gasteiger charge is -2.28. The first-order valence-electron chi connectivity index (χ1n) is 10.7. The molecule has 0 spiro atoms. The number of carbonyl (C=O) groups excluding carboxylic acids is 1. The summed E-state index contributed by atoms with van der Waals surface area (Å²) in [6, 6.07) is 9.90. The fraction of sp³-hybridized carbons (Fsp3) is 0.375. The average molecular weight is 456 g/mol. The van der Waals surface area contributed by atoms with Gasteiger partial charge in [-0.2, -0.15) is 0 Å². The number of anilines is 1. The number of ether oxygens (including phenoxy) is 3. The second-order valence-corrected chi connectivity index (χ2v) is 7.56. The van der Waals surface area contributed by atoms with E-state index in [0.717, 1.165) is 16.8 Å². The number of hydrogen-bond donors (Lipinski definition) is 1. The number of nitrogens with one attached hydrogen (secondary N) is 1. The zero-order chi connectivity index (χ0) is 23.8. The summed E-state index contributed by atoms with van der Waals surface area (Å²) in [5, 5.41) is 13.9. The smallest absolute Gasteiger partial charge is 0.269 e. The maximum absolute atomic E-state index is 12.6. The third-order valence-electron chi connectivity index (χ3n) is 5.57. The van der Waals surface area contributed by atoms with E-state index in [1.807, 2.05) is 23.1 Å². The standard InChI is InChI=1S/C24H29N3O6/c1-31-20-15-21(32-2)24(22(16-20)33-3)17-10-13-26(14-11-17)23(28)5-4-12-25-18-6-8-19(9-7-18)27(29)30/h6-10,15-16,25H,4-5,11-14H2,1-3H3. The molecule has 9 heteroatoms. The molecule has 0 unspecified atom stereocenters. The van der Waals surface area contributed by atoms with Gasteiger partial charge < -0.3 is 24.4 Å². The number of non-ortho nitro benzene ring substituents is 1. The number of nitro benzene ring substituents is 1. The molecule has 0 aromatic heterocycles. The molecule has 33 heavy (non-hydrogen) atoms. The highest BCUT2D eigenvalue weighted by Crippen LogP contribution is 2.40. The van der Waals surface area contributed by atoms with Gasteiger partial charge >= 0.3 is 0 Å². The first-order valence-corrected chi connectivity index (χ1v) is 10.7. The molecule has 0 bridgehead atoms. The predicted octanol–water partition coefficient (Wildman–Crippen LogP) is 4.13. The van der Waals surface area contributed by atoms with Crippen molar-refractivity contribution in [1.82, 2.24) is 4.90 Å². The quantitative estimate of drug-likeness (QED) is 0.326. The third kappa shape index (κ3) is 5.94. The molecule has 2 aromatic carbocycles. The summed E-state index contributed by atoms with van der Waals surface area (Å²) in [4.78, 5) is 24.8. The van der Waals surface area contributed by atoms with Crippen molar-refractivity contribution in [2.45, 2.75) is 19.3 Å². The van der Waals surface area contributed by atoms with Gasteiger partial charge in [0.1, 0.15) is 17.2 Å². The van der Waals surface area contributed by atoms with Crippen LogP contribution >= 0.6 is 0 Å². The second kappa shape index (κ2) is 11.2. The number of amides is 1. The lowest BCUT2D eigenvalue weighted by molar-refractivity contribution is -0.384. The van der Waals surface area contributed by atoms with Crippen LogP contribution in [0.2, 0.25) is 0 Å². The molecule has 3 rings (SSSR count). The average Bonchev–Trinajstić information content (AvgIpc) is 2.85. The van der Waals surface area contributed by atoms with Crippen molar-refractivity contribution in [1.29, 1.82) is 0 Å². The molecule has 2 aromatic rings. The van der Waals surface area contributed by atoms with Gasteiger partial charge in [-0.25, -0.2) is 0 Å². The number of carbonyl (C=O) groups is 1. The van der Waals surface area contributed by atoms with Crippen LogP contribution in [0.15, 0.2) is 42.5 Å². The van der Waals surface area contributed by atoms with Gasteiger partial charge in [0, 0.05) is 56.0 Å². The Bertz CT molecular complexity index is 994. The molecular weight excluding hydrogens is 426 g/mol. The summed E-state index contributed by atoms with van der Waals surface area (Å²) in [7, 11) is 4.82. The molecular formula is C24H29N3O6. The largest absolute Gasteiger partial charge is 0.496 e. The second-order valence-electron chi connectivity index (χ2n) is 7.56. The highest BCUT2D eigenvalue weighted by molar-refractivity contribution is 5.81. The number of methoxy groups -OCH3 is 3. The maximum atomic E-state index is 12.6. The molecule has 0 radical (unpaired) electrons. The van der Waals surface area contributed by atoms with Crippen LogP contribution in [0, 0.1) is 10.1 Å². The zero-order valence-electron chi connectivity index (χ0n) is 19.1. The van der Waals surface area contributed by atoms with E-state index in [-0.39, 0.29) is 11.6 Å². The topological polar surface area (TPSA) is 103 Å². The molecule has 9 nitrogen and oxygen atoms in total. The molecule has 0 saturated carbocycles. The Hall–Kier alpha value is -3.75. The lowest BCUT2D eigenvalue weighted by Crippen LogP contribution is -2.34. The molecule has 1 N–H and O–H groups in total. The number of benzene rings is 2. The summed E-state index contributed by atoms with van der Waals surface area (Å²) in [6.07, 6.45) is 3.84. The van der Waals surface area contributed by atoms with Crippen LogP contribution in [0.5, 0.6) is 17.2 Å². The van der Waals surface area contributed by atoms with Gasteiger partial charge in [-0.1, -0.05) is 6.08 Å². The van der Waals surface area contributed by atoms with Crippen LogP contribution in [0.25, 0.3) is 5.57 Å². The summed E-state index contributed by atoms with van der Waals surface area (Å²) >= 11 is 0. The van der Waals surface area contributed by atoms with Gasteiger partial charge in [0.2, 0.25) is 5.91 Å². The van der Waals surface area contributed by atoms with E-state index in [0.29, 0.717) is 56.1 Å². The summed E-state index contributed by atoms with van der Waals surface area (Å²) in [6.45, 7) is 1.76. The minimum Gasteiger partial charge on any atom is -0.496 e. The van der Waals surface area contributed by atoms with E-state index in [9.17, 15) is 14.9 Å². The van der Waals surface area contributed by atoms with Crippen LogP contribution in [0.1, 0.15) is 24.8 Å². The van der Waals surface area contributed by atoms with Gasteiger partial charge in [0.15, 0.2) is 0 Å².